The van der Waals surface area contributed by atoms with Gasteiger partial charge in [0.05, 0.1) is 12.7 Å². The van der Waals surface area contributed by atoms with Crippen molar-refractivity contribution in [2.45, 2.75) is 18.8 Å². The number of aliphatic hydroxyl groups is 2. The number of carbonyl (C=O) groups excluding carboxylic acids is 2. The average Bonchev–Trinajstić information content (AvgIpc) is 2.70. The summed E-state index contributed by atoms with van der Waals surface area (Å²) in [4.78, 5) is 22.9. The molecule has 27 heavy (non-hydrogen) atoms. The maximum atomic E-state index is 11.7. The number of phenols is 1. The van der Waals surface area contributed by atoms with Gasteiger partial charge in [-0.25, -0.2) is 4.79 Å². The molecule has 2 aromatic carbocycles. The first-order valence-electron chi connectivity index (χ1n) is 8.13. The van der Waals surface area contributed by atoms with Gasteiger partial charge in [-0.3, -0.25) is 4.79 Å². The van der Waals surface area contributed by atoms with E-state index in [0.717, 1.165) is 5.56 Å². The predicted octanol–water partition coefficient (Wildman–Crippen LogP) is 1.53. The Morgan fingerprint density at radius 1 is 1.19 bits per heavy atom. The molecule has 0 aliphatic carbocycles. The van der Waals surface area contributed by atoms with Crippen LogP contribution in [0.1, 0.15) is 27.6 Å². The van der Waals surface area contributed by atoms with Gasteiger partial charge in [0.15, 0.2) is 17.8 Å². The topological polar surface area (TPSA) is 125 Å². The summed E-state index contributed by atoms with van der Waals surface area (Å²) in [6.45, 7) is -0.257. The molecular weight excluding hydrogens is 354 g/mol. The molecule has 0 aliphatic rings. The molecule has 8 nitrogen and oxygen atoms in total. The molecule has 0 bridgehead atoms. The lowest BCUT2D eigenvalue weighted by atomic mass is 9.98. The number of ether oxygens (including phenoxy) is 2. The van der Waals surface area contributed by atoms with Crippen LogP contribution in [0, 0.1) is 0 Å². The normalized spacial score (nSPS) is 12.7. The van der Waals surface area contributed by atoms with Crippen LogP contribution in [0.4, 0.5) is 4.79 Å². The number of benzene rings is 2. The molecule has 1 amide bonds. The van der Waals surface area contributed by atoms with E-state index < -0.39 is 24.1 Å². The molecular formula is C19H21NO7. The predicted molar refractivity (Wildman–Crippen MR) is 95.6 cm³/mol. The number of carbonyl (C=O) groups is 2. The van der Waals surface area contributed by atoms with Crippen molar-refractivity contribution < 1.29 is 34.4 Å². The number of aliphatic hydroxyl groups excluding tert-OH is 2. The number of amides is 1. The highest BCUT2D eigenvalue weighted by Gasteiger charge is 2.25. The van der Waals surface area contributed by atoms with Crippen molar-refractivity contribution in [3.8, 4) is 11.5 Å². The Morgan fingerprint density at radius 3 is 2.52 bits per heavy atom. The third kappa shape index (κ3) is 5.19. The Bertz CT molecular complexity index is 779. The second kappa shape index (κ2) is 9.56. The highest BCUT2D eigenvalue weighted by Crippen LogP contribution is 2.34. The van der Waals surface area contributed by atoms with Gasteiger partial charge in [0, 0.05) is 6.54 Å². The van der Waals surface area contributed by atoms with Crippen molar-refractivity contribution in [2.75, 3.05) is 13.7 Å². The maximum absolute atomic E-state index is 11.7. The summed E-state index contributed by atoms with van der Waals surface area (Å²) in [7, 11) is 1.32. The van der Waals surface area contributed by atoms with E-state index >= 15 is 0 Å². The number of nitrogens with one attached hydrogen (secondary N) is 1. The van der Waals surface area contributed by atoms with E-state index in [0.29, 0.717) is 6.29 Å². The zero-order chi connectivity index (χ0) is 19.8. The van der Waals surface area contributed by atoms with Crippen LogP contribution in [0.15, 0.2) is 42.5 Å². The average molecular weight is 375 g/mol. The molecule has 2 rings (SSSR count). The van der Waals surface area contributed by atoms with Gasteiger partial charge in [-0.15, -0.1) is 0 Å². The van der Waals surface area contributed by atoms with E-state index in [4.69, 9.17) is 9.47 Å². The molecule has 144 valence electrons. The minimum absolute atomic E-state index is 0.00949. The van der Waals surface area contributed by atoms with E-state index in [-0.39, 0.29) is 30.0 Å². The molecule has 0 radical (unpaired) electrons. The van der Waals surface area contributed by atoms with E-state index in [2.05, 4.69) is 5.32 Å². The molecule has 0 fully saturated rings. The van der Waals surface area contributed by atoms with Crippen molar-refractivity contribution >= 4 is 12.4 Å². The number of methoxy groups -OCH3 is 1. The highest BCUT2D eigenvalue weighted by molar-refractivity contribution is 5.83. The quantitative estimate of drug-likeness (QED) is 0.516. The molecule has 0 aliphatic heterocycles. The van der Waals surface area contributed by atoms with Crippen LogP contribution in [0.25, 0.3) is 0 Å². The zero-order valence-corrected chi connectivity index (χ0v) is 14.7. The first-order chi connectivity index (χ1) is 13.0. The van der Waals surface area contributed by atoms with Crippen LogP contribution in [-0.4, -0.2) is 47.5 Å². The second-order valence-corrected chi connectivity index (χ2v) is 5.69. The van der Waals surface area contributed by atoms with Gasteiger partial charge >= 0.3 is 6.09 Å². The van der Waals surface area contributed by atoms with Crippen LogP contribution >= 0.6 is 0 Å². The molecule has 8 heteroatoms. The van der Waals surface area contributed by atoms with E-state index in [1.165, 1.54) is 19.2 Å². The second-order valence-electron chi connectivity index (χ2n) is 5.69. The third-order valence-corrected chi connectivity index (χ3v) is 3.90. The Labute approximate surface area is 156 Å². The van der Waals surface area contributed by atoms with Gasteiger partial charge in [0.1, 0.15) is 18.8 Å². The summed E-state index contributed by atoms with van der Waals surface area (Å²) in [6, 6.07) is 11.8. The van der Waals surface area contributed by atoms with Crippen molar-refractivity contribution in [1.29, 1.82) is 0 Å². The standard InChI is InChI=1S/C19H21NO7/c1-26-16-8-7-13(14(10-21)18(16)24)17(23)15(22)9-20-19(25)27-11-12-5-3-2-4-6-12/h2-8,10,15,17,22-24H,9,11H2,1H3,(H,20,25). The van der Waals surface area contributed by atoms with Crippen LogP contribution < -0.4 is 10.1 Å². The van der Waals surface area contributed by atoms with Gasteiger partial charge < -0.3 is 30.1 Å². The molecule has 2 aromatic rings. The van der Waals surface area contributed by atoms with Gasteiger partial charge in [0.2, 0.25) is 0 Å². The molecule has 0 saturated heterocycles. The summed E-state index contributed by atoms with van der Waals surface area (Å²) in [6.07, 6.45) is -3.36. The number of aromatic hydroxyl groups is 1. The van der Waals surface area contributed by atoms with Gasteiger partial charge in [-0.05, 0) is 17.2 Å². The number of alkyl carbamates (subject to hydrolysis) is 1. The summed E-state index contributed by atoms with van der Waals surface area (Å²) >= 11 is 0. The summed E-state index contributed by atoms with van der Waals surface area (Å²) < 4.78 is 9.90. The minimum Gasteiger partial charge on any atom is -0.504 e. The largest absolute Gasteiger partial charge is 0.504 e. The fourth-order valence-corrected chi connectivity index (χ4v) is 2.43. The lowest BCUT2D eigenvalue weighted by Crippen LogP contribution is -2.36. The molecule has 0 heterocycles. The minimum atomic E-state index is -1.52. The Balaban J connectivity index is 1.93. The van der Waals surface area contributed by atoms with Crippen LogP contribution in [0.2, 0.25) is 0 Å². The fourth-order valence-electron chi connectivity index (χ4n) is 2.43. The summed E-state index contributed by atoms with van der Waals surface area (Å²) in [5.41, 5.74) is 0.611. The van der Waals surface area contributed by atoms with Gasteiger partial charge in [-0.1, -0.05) is 36.4 Å². The zero-order valence-electron chi connectivity index (χ0n) is 14.7. The Morgan fingerprint density at radius 2 is 1.89 bits per heavy atom. The SMILES string of the molecule is COc1ccc(C(O)C(O)CNC(=O)OCc2ccccc2)c(C=O)c1O. The molecule has 4 N–H and O–H groups in total. The number of rotatable bonds is 8. The fraction of sp³-hybridized carbons (Fsp3) is 0.263. The van der Waals surface area contributed by atoms with E-state index in [1.807, 2.05) is 18.2 Å². The number of hydrogen-bond donors (Lipinski definition) is 4. The van der Waals surface area contributed by atoms with Gasteiger partial charge in [-0.2, -0.15) is 0 Å². The highest BCUT2D eigenvalue weighted by atomic mass is 16.5. The van der Waals surface area contributed by atoms with Crippen molar-refractivity contribution in [1.82, 2.24) is 5.32 Å². The number of hydrogen-bond acceptors (Lipinski definition) is 7. The monoisotopic (exact) mass is 375 g/mol. The van der Waals surface area contributed by atoms with Crippen LogP contribution in [0.3, 0.4) is 0 Å². The number of aldehydes is 1. The Hall–Kier alpha value is -3.10. The maximum Gasteiger partial charge on any atom is 0.407 e. The van der Waals surface area contributed by atoms with Crippen molar-refractivity contribution in [2.24, 2.45) is 0 Å². The van der Waals surface area contributed by atoms with E-state index in [1.54, 1.807) is 12.1 Å². The Kier molecular flexibility index (Phi) is 7.16. The molecule has 0 spiro atoms. The van der Waals surface area contributed by atoms with Crippen molar-refractivity contribution in [3.05, 3.63) is 59.2 Å². The lowest BCUT2D eigenvalue weighted by Gasteiger charge is -2.21. The molecule has 2 atom stereocenters. The summed E-state index contributed by atoms with van der Waals surface area (Å²) in [5.74, 6) is -0.378. The molecule has 0 aromatic heterocycles. The van der Waals surface area contributed by atoms with Crippen LogP contribution in [0.5, 0.6) is 11.5 Å². The van der Waals surface area contributed by atoms with Crippen LogP contribution in [-0.2, 0) is 11.3 Å². The third-order valence-electron chi connectivity index (χ3n) is 3.90. The first-order valence-corrected chi connectivity index (χ1v) is 8.13. The molecule has 2 unspecified atom stereocenters. The van der Waals surface area contributed by atoms with E-state index in [9.17, 15) is 24.9 Å². The van der Waals surface area contributed by atoms with Crippen molar-refractivity contribution in [3.63, 3.8) is 0 Å². The molecule has 0 saturated carbocycles. The summed E-state index contributed by atoms with van der Waals surface area (Å²) in [5, 5.41) is 32.6. The smallest absolute Gasteiger partial charge is 0.407 e. The van der Waals surface area contributed by atoms with Gasteiger partial charge in [0.25, 0.3) is 0 Å². The number of phenolic OH excluding ortho intramolecular Hbond substituents is 1. The first kappa shape index (κ1) is 20.2. The lowest BCUT2D eigenvalue weighted by molar-refractivity contribution is 0.0179.